The van der Waals surface area contributed by atoms with Crippen molar-refractivity contribution in [1.82, 2.24) is 0 Å². The van der Waals surface area contributed by atoms with Crippen LogP contribution in [0.25, 0.3) is 0 Å². The van der Waals surface area contributed by atoms with Crippen molar-refractivity contribution < 1.29 is 0 Å². The summed E-state index contributed by atoms with van der Waals surface area (Å²) in [5.41, 5.74) is 0. The van der Waals surface area contributed by atoms with Gasteiger partial charge in [-0.25, -0.2) is 0 Å². The van der Waals surface area contributed by atoms with Crippen LogP contribution in [0.2, 0.25) is 0 Å². The van der Waals surface area contributed by atoms with Gasteiger partial charge in [-0.05, 0) is 46.8 Å². The molecule has 1 unspecified atom stereocenters. The molecule has 0 saturated carbocycles. The molecule has 0 aliphatic heterocycles. The number of rotatable bonds is 4. The quantitative estimate of drug-likeness (QED) is 0.693. The van der Waals surface area contributed by atoms with Crippen LogP contribution in [0.5, 0.6) is 0 Å². The largest absolute Gasteiger partial charge is 0.133 e. The Balaban J connectivity index is 2.35. The van der Waals surface area contributed by atoms with Crippen molar-refractivity contribution in [3.05, 3.63) is 20.8 Å². The predicted octanol–water partition coefficient (Wildman–Crippen LogP) is 4.86. The van der Waals surface area contributed by atoms with E-state index >= 15 is 0 Å². The smallest absolute Gasteiger partial charge is 0.0701 e. The fraction of sp³-hybridized carbons (Fsp3) is 0.600. The lowest BCUT2D eigenvalue weighted by molar-refractivity contribution is 0.583. The maximum Gasteiger partial charge on any atom is 0.0701 e. The van der Waals surface area contributed by atoms with E-state index in [2.05, 4.69) is 57.8 Å². The highest BCUT2D eigenvalue weighted by molar-refractivity contribution is 9.11. The molecule has 1 aromatic rings. The SMILES string of the molecule is CC(C)C(Br)CCc1ccc(Br)s1. The molecule has 1 aromatic heterocycles. The molecule has 0 aliphatic carbocycles. The first-order valence-corrected chi connectivity index (χ1v) is 7.00. The highest BCUT2D eigenvalue weighted by atomic mass is 79.9. The van der Waals surface area contributed by atoms with E-state index in [4.69, 9.17) is 0 Å². The minimum absolute atomic E-state index is 0.647. The number of hydrogen-bond donors (Lipinski definition) is 0. The van der Waals surface area contributed by atoms with E-state index in [1.165, 1.54) is 21.5 Å². The molecular weight excluding hydrogens is 312 g/mol. The van der Waals surface area contributed by atoms with Crippen LogP contribution in [0, 0.1) is 5.92 Å². The molecule has 0 bridgehead atoms. The van der Waals surface area contributed by atoms with E-state index in [1.54, 1.807) is 0 Å². The van der Waals surface area contributed by atoms with Crippen molar-refractivity contribution in [2.75, 3.05) is 0 Å². The second kappa shape index (κ2) is 5.52. The molecule has 0 N–H and O–H groups in total. The van der Waals surface area contributed by atoms with Crippen molar-refractivity contribution in [3.8, 4) is 0 Å². The van der Waals surface area contributed by atoms with E-state index < -0.39 is 0 Å². The van der Waals surface area contributed by atoms with Gasteiger partial charge in [-0.15, -0.1) is 11.3 Å². The molecule has 3 heteroatoms. The lowest BCUT2D eigenvalue weighted by Gasteiger charge is -2.12. The second-order valence-corrected chi connectivity index (χ2v) is 7.23. The monoisotopic (exact) mass is 324 g/mol. The lowest BCUT2D eigenvalue weighted by atomic mass is 10.1. The average molecular weight is 326 g/mol. The van der Waals surface area contributed by atoms with Gasteiger partial charge >= 0.3 is 0 Å². The Morgan fingerprint density at radius 1 is 1.38 bits per heavy atom. The highest BCUT2D eigenvalue weighted by Crippen LogP contribution is 2.25. The zero-order valence-corrected chi connectivity index (χ0v) is 11.9. The Kier molecular flexibility index (Phi) is 4.98. The van der Waals surface area contributed by atoms with E-state index in [1.807, 2.05) is 11.3 Å². The molecule has 0 aliphatic rings. The van der Waals surface area contributed by atoms with Gasteiger partial charge in [-0.3, -0.25) is 0 Å². The van der Waals surface area contributed by atoms with Gasteiger partial charge < -0.3 is 0 Å². The molecule has 0 spiro atoms. The minimum Gasteiger partial charge on any atom is -0.133 e. The summed E-state index contributed by atoms with van der Waals surface area (Å²) in [5, 5.41) is 0. The van der Waals surface area contributed by atoms with E-state index in [0.29, 0.717) is 4.83 Å². The molecule has 1 atom stereocenters. The van der Waals surface area contributed by atoms with Crippen LogP contribution < -0.4 is 0 Å². The summed E-state index contributed by atoms with van der Waals surface area (Å²) < 4.78 is 1.23. The first kappa shape index (κ1) is 11.7. The van der Waals surface area contributed by atoms with Gasteiger partial charge in [0.05, 0.1) is 3.79 Å². The van der Waals surface area contributed by atoms with Gasteiger partial charge in [-0.1, -0.05) is 29.8 Å². The molecule has 1 heterocycles. The highest BCUT2D eigenvalue weighted by Gasteiger charge is 2.09. The molecule has 0 radical (unpaired) electrons. The zero-order valence-electron chi connectivity index (χ0n) is 7.89. The summed E-state index contributed by atoms with van der Waals surface area (Å²) in [7, 11) is 0. The number of aryl methyl sites for hydroxylation is 1. The summed E-state index contributed by atoms with van der Waals surface area (Å²) in [6.07, 6.45) is 2.41. The van der Waals surface area contributed by atoms with Crippen LogP contribution in [0.3, 0.4) is 0 Å². The Bertz CT molecular complexity index is 255. The number of alkyl halides is 1. The van der Waals surface area contributed by atoms with Crippen LogP contribution in [0.1, 0.15) is 25.1 Å². The molecule has 13 heavy (non-hydrogen) atoms. The molecule has 0 nitrogen and oxygen atoms in total. The summed E-state index contributed by atoms with van der Waals surface area (Å²) >= 11 is 9.01. The van der Waals surface area contributed by atoms with Gasteiger partial charge in [0.25, 0.3) is 0 Å². The standard InChI is InChI=1S/C10H14Br2S/c1-7(2)9(11)5-3-8-4-6-10(12)13-8/h4,6-7,9H,3,5H2,1-2H3. The van der Waals surface area contributed by atoms with Gasteiger partial charge in [0.1, 0.15) is 0 Å². The third kappa shape index (κ3) is 4.13. The van der Waals surface area contributed by atoms with Gasteiger partial charge in [0.2, 0.25) is 0 Å². The Hall–Kier alpha value is 0.660. The van der Waals surface area contributed by atoms with E-state index in [9.17, 15) is 0 Å². The van der Waals surface area contributed by atoms with Crippen molar-refractivity contribution in [2.45, 2.75) is 31.5 Å². The van der Waals surface area contributed by atoms with Gasteiger partial charge in [-0.2, -0.15) is 0 Å². The molecule has 0 amide bonds. The average Bonchev–Trinajstić information content (AvgIpc) is 2.47. The molecule has 0 fully saturated rings. The first-order chi connectivity index (χ1) is 6.09. The van der Waals surface area contributed by atoms with Gasteiger partial charge in [0.15, 0.2) is 0 Å². The van der Waals surface area contributed by atoms with Crippen molar-refractivity contribution >= 4 is 43.2 Å². The maximum atomic E-state index is 3.70. The number of halogens is 2. The lowest BCUT2D eigenvalue weighted by Crippen LogP contribution is -2.07. The summed E-state index contributed by atoms with van der Waals surface area (Å²) in [4.78, 5) is 2.12. The van der Waals surface area contributed by atoms with Crippen LogP contribution in [0.15, 0.2) is 15.9 Å². The molecular formula is C10H14Br2S. The number of hydrogen-bond acceptors (Lipinski definition) is 1. The zero-order chi connectivity index (χ0) is 9.84. The summed E-state index contributed by atoms with van der Waals surface area (Å²) in [6, 6.07) is 4.33. The molecule has 0 aromatic carbocycles. The number of thiophene rings is 1. The fourth-order valence-corrected chi connectivity index (χ4v) is 2.83. The normalized spacial score (nSPS) is 13.6. The van der Waals surface area contributed by atoms with Crippen LogP contribution >= 0.6 is 43.2 Å². The van der Waals surface area contributed by atoms with Crippen LogP contribution in [-0.2, 0) is 6.42 Å². The third-order valence-electron chi connectivity index (χ3n) is 2.02. The fourth-order valence-electron chi connectivity index (χ4n) is 1.10. The van der Waals surface area contributed by atoms with Crippen LogP contribution in [-0.4, -0.2) is 4.83 Å². The van der Waals surface area contributed by atoms with E-state index in [0.717, 1.165) is 5.92 Å². The minimum atomic E-state index is 0.647. The van der Waals surface area contributed by atoms with Gasteiger partial charge in [0, 0.05) is 9.70 Å². The molecule has 74 valence electrons. The van der Waals surface area contributed by atoms with E-state index in [-0.39, 0.29) is 0 Å². The Morgan fingerprint density at radius 3 is 2.54 bits per heavy atom. The Morgan fingerprint density at radius 2 is 2.08 bits per heavy atom. The third-order valence-corrected chi connectivity index (χ3v) is 5.22. The molecule has 0 saturated heterocycles. The Labute approximate surface area is 101 Å². The predicted molar refractivity (Wildman–Crippen MR) is 67.9 cm³/mol. The van der Waals surface area contributed by atoms with Crippen molar-refractivity contribution in [1.29, 1.82) is 0 Å². The maximum absolute atomic E-state index is 3.70. The summed E-state index contributed by atoms with van der Waals surface area (Å²) in [5.74, 6) is 0.725. The molecule has 1 rings (SSSR count). The van der Waals surface area contributed by atoms with Crippen molar-refractivity contribution in [2.24, 2.45) is 5.92 Å². The van der Waals surface area contributed by atoms with Crippen LogP contribution in [0.4, 0.5) is 0 Å². The second-order valence-electron chi connectivity index (χ2n) is 3.50. The summed E-state index contributed by atoms with van der Waals surface area (Å²) in [6.45, 7) is 4.51. The van der Waals surface area contributed by atoms with Crippen molar-refractivity contribution in [3.63, 3.8) is 0 Å². The topological polar surface area (TPSA) is 0 Å². The first-order valence-electron chi connectivity index (χ1n) is 4.48.